The highest BCUT2D eigenvalue weighted by atomic mass is 16.5. The maximum atomic E-state index is 5.48. The van der Waals surface area contributed by atoms with Crippen molar-refractivity contribution in [3.63, 3.8) is 0 Å². The Kier molecular flexibility index (Phi) is 4.11. The smallest absolute Gasteiger partial charge is 0.224 e. The van der Waals surface area contributed by atoms with E-state index in [-0.39, 0.29) is 0 Å². The summed E-state index contributed by atoms with van der Waals surface area (Å²) in [6.45, 7) is 3.79. The number of aromatic nitrogens is 2. The summed E-state index contributed by atoms with van der Waals surface area (Å²) in [4.78, 5) is 13.7. The fraction of sp³-hybridized carbons (Fsp3) is 0.444. The second kappa shape index (κ2) is 6.55. The first-order chi connectivity index (χ1) is 11.8. The number of piperazine rings is 1. The molecule has 1 aliphatic heterocycles. The van der Waals surface area contributed by atoms with E-state index in [0.29, 0.717) is 6.04 Å². The molecule has 6 heteroatoms. The molecule has 2 aromatic rings. The van der Waals surface area contributed by atoms with Crippen LogP contribution in [0.3, 0.4) is 0 Å². The molecule has 1 N–H and O–H groups in total. The molecular formula is C18H23N5O. The van der Waals surface area contributed by atoms with E-state index in [4.69, 9.17) is 4.74 Å². The van der Waals surface area contributed by atoms with Gasteiger partial charge in [-0.3, -0.25) is 0 Å². The summed E-state index contributed by atoms with van der Waals surface area (Å²) in [5.41, 5.74) is 1.17. The first kappa shape index (κ1) is 15.1. The van der Waals surface area contributed by atoms with Gasteiger partial charge in [-0.25, -0.2) is 4.98 Å². The van der Waals surface area contributed by atoms with E-state index >= 15 is 0 Å². The van der Waals surface area contributed by atoms with Crippen molar-refractivity contribution in [1.82, 2.24) is 9.97 Å². The average Bonchev–Trinajstić information content (AvgIpc) is 3.46. The van der Waals surface area contributed by atoms with Crippen molar-refractivity contribution < 1.29 is 4.74 Å². The molecule has 1 aromatic heterocycles. The molecule has 0 amide bonds. The summed E-state index contributed by atoms with van der Waals surface area (Å²) in [7, 11) is 1.73. The minimum absolute atomic E-state index is 0.572. The Morgan fingerprint density at radius 2 is 1.79 bits per heavy atom. The van der Waals surface area contributed by atoms with Gasteiger partial charge in [-0.15, -0.1) is 0 Å². The zero-order valence-electron chi connectivity index (χ0n) is 14.0. The summed E-state index contributed by atoms with van der Waals surface area (Å²) in [6, 6.07) is 10.8. The zero-order chi connectivity index (χ0) is 16.4. The van der Waals surface area contributed by atoms with E-state index < -0.39 is 0 Å². The molecule has 2 heterocycles. The van der Waals surface area contributed by atoms with Crippen molar-refractivity contribution in [2.24, 2.45) is 0 Å². The second-order valence-electron chi connectivity index (χ2n) is 6.30. The van der Waals surface area contributed by atoms with Crippen LogP contribution in [0.4, 0.5) is 17.5 Å². The minimum atomic E-state index is 0.572. The molecule has 24 heavy (non-hydrogen) atoms. The molecule has 0 spiro atoms. The van der Waals surface area contributed by atoms with Crippen LogP contribution in [0.25, 0.3) is 0 Å². The summed E-state index contributed by atoms with van der Waals surface area (Å²) >= 11 is 0. The van der Waals surface area contributed by atoms with E-state index in [0.717, 1.165) is 43.7 Å². The first-order valence-corrected chi connectivity index (χ1v) is 8.56. The molecule has 0 bridgehead atoms. The van der Waals surface area contributed by atoms with Gasteiger partial charge in [-0.1, -0.05) is 12.1 Å². The fourth-order valence-corrected chi connectivity index (χ4v) is 3.07. The maximum absolute atomic E-state index is 5.48. The summed E-state index contributed by atoms with van der Waals surface area (Å²) in [5, 5.41) is 3.37. The Morgan fingerprint density at radius 1 is 1.04 bits per heavy atom. The predicted molar refractivity (Wildman–Crippen MR) is 96.1 cm³/mol. The van der Waals surface area contributed by atoms with Crippen molar-refractivity contribution in [2.75, 3.05) is 48.4 Å². The fourth-order valence-electron chi connectivity index (χ4n) is 3.07. The van der Waals surface area contributed by atoms with E-state index in [2.05, 4.69) is 37.2 Å². The molecule has 126 valence electrons. The molecule has 6 nitrogen and oxygen atoms in total. The van der Waals surface area contributed by atoms with Gasteiger partial charge in [0.05, 0.1) is 12.8 Å². The third-order valence-electron chi connectivity index (χ3n) is 4.58. The number of nitrogens with one attached hydrogen (secondary N) is 1. The number of anilines is 3. The number of benzene rings is 1. The van der Waals surface area contributed by atoms with Crippen molar-refractivity contribution in [1.29, 1.82) is 0 Å². The molecule has 2 fully saturated rings. The molecule has 1 aliphatic carbocycles. The lowest BCUT2D eigenvalue weighted by molar-refractivity contribution is 0.413. The third-order valence-corrected chi connectivity index (χ3v) is 4.58. The Hall–Kier alpha value is -2.50. The van der Waals surface area contributed by atoms with Crippen molar-refractivity contribution >= 4 is 17.5 Å². The summed E-state index contributed by atoms with van der Waals surface area (Å²) in [5.74, 6) is 2.69. The van der Waals surface area contributed by atoms with Crippen LogP contribution in [0.1, 0.15) is 12.8 Å². The molecule has 1 aromatic carbocycles. The molecule has 1 saturated heterocycles. The molecule has 0 radical (unpaired) electrons. The zero-order valence-corrected chi connectivity index (χ0v) is 14.0. The van der Waals surface area contributed by atoms with Crippen LogP contribution in [0, 0.1) is 0 Å². The summed E-state index contributed by atoms with van der Waals surface area (Å²) < 4.78 is 5.48. The van der Waals surface area contributed by atoms with E-state index in [9.17, 15) is 0 Å². The number of hydrogen-bond donors (Lipinski definition) is 1. The molecular weight excluding hydrogens is 302 g/mol. The number of rotatable bonds is 5. The molecule has 2 aliphatic rings. The van der Waals surface area contributed by atoms with Crippen LogP contribution in [0.2, 0.25) is 0 Å². The number of methoxy groups -OCH3 is 1. The van der Waals surface area contributed by atoms with Crippen molar-refractivity contribution in [3.05, 3.63) is 36.5 Å². The Morgan fingerprint density at radius 3 is 2.54 bits per heavy atom. The maximum Gasteiger partial charge on any atom is 0.224 e. The van der Waals surface area contributed by atoms with Gasteiger partial charge >= 0.3 is 0 Å². The lowest BCUT2D eigenvalue weighted by atomic mass is 10.2. The van der Waals surface area contributed by atoms with Crippen molar-refractivity contribution in [3.8, 4) is 5.75 Å². The molecule has 0 unspecified atom stereocenters. The Balaban J connectivity index is 1.42. The second-order valence-corrected chi connectivity index (χ2v) is 6.30. The van der Waals surface area contributed by atoms with Gasteiger partial charge in [0.1, 0.15) is 11.6 Å². The van der Waals surface area contributed by atoms with Gasteiger partial charge in [0.15, 0.2) is 0 Å². The Bertz CT molecular complexity index is 695. The Labute approximate surface area is 142 Å². The standard InChI is InChI=1S/C18H23N5O/c1-24-16-5-3-2-4-15(16)22-10-12-23(13-11-22)17-8-9-19-18(21-17)20-14-6-7-14/h2-5,8-9,14H,6-7,10-13H2,1H3,(H,19,20,21). The van der Waals surface area contributed by atoms with Gasteiger partial charge in [0, 0.05) is 38.4 Å². The van der Waals surface area contributed by atoms with Gasteiger partial charge < -0.3 is 19.9 Å². The quantitative estimate of drug-likeness (QED) is 0.911. The lowest BCUT2D eigenvalue weighted by Crippen LogP contribution is -2.47. The highest BCUT2D eigenvalue weighted by Gasteiger charge is 2.23. The minimum Gasteiger partial charge on any atom is -0.495 e. The van der Waals surface area contributed by atoms with Gasteiger partial charge in [0.2, 0.25) is 5.95 Å². The van der Waals surface area contributed by atoms with Crippen molar-refractivity contribution in [2.45, 2.75) is 18.9 Å². The first-order valence-electron chi connectivity index (χ1n) is 8.56. The van der Waals surface area contributed by atoms with E-state index in [1.165, 1.54) is 18.5 Å². The monoisotopic (exact) mass is 325 g/mol. The molecule has 4 rings (SSSR count). The van der Waals surface area contributed by atoms with Crippen LogP contribution in [0.15, 0.2) is 36.5 Å². The van der Waals surface area contributed by atoms with Gasteiger partial charge in [0.25, 0.3) is 0 Å². The number of para-hydroxylation sites is 2. The van der Waals surface area contributed by atoms with Crippen LogP contribution < -0.4 is 19.9 Å². The lowest BCUT2D eigenvalue weighted by Gasteiger charge is -2.37. The van der Waals surface area contributed by atoms with Crippen LogP contribution in [-0.2, 0) is 0 Å². The molecule has 0 atom stereocenters. The van der Waals surface area contributed by atoms with Gasteiger partial charge in [-0.05, 0) is 31.0 Å². The molecule has 1 saturated carbocycles. The topological polar surface area (TPSA) is 53.5 Å². The van der Waals surface area contributed by atoms with E-state index in [1.807, 2.05) is 24.4 Å². The predicted octanol–water partition coefficient (Wildman–Crippen LogP) is 2.39. The highest BCUT2D eigenvalue weighted by molar-refractivity contribution is 5.59. The number of nitrogens with zero attached hydrogens (tertiary/aromatic N) is 4. The normalized spacial score (nSPS) is 17.7. The average molecular weight is 325 g/mol. The van der Waals surface area contributed by atoms with Gasteiger partial charge in [-0.2, -0.15) is 4.98 Å². The highest BCUT2D eigenvalue weighted by Crippen LogP contribution is 2.29. The largest absolute Gasteiger partial charge is 0.495 e. The van der Waals surface area contributed by atoms with Crippen LogP contribution in [0.5, 0.6) is 5.75 Å². The number of hydrogen-bond acceptors (Lipinski definition) is 6. The summed E-state index contributed by atoms with van der Waals surface area (Å²) in [6.07, 6.45) is 4.30. The SMILES string of the molecule is COc1ccccc1N1CCN(c2ccnc(NC3CC3)n2)CC1. The van der Waals surface area contributed by atoms with Crippen LogP contribution in [-0.4, -0.2) is 49.3 Å². The van der Waals surface area contributed by atoms with Crippen LogP contribution >= 0.6 is 0 Å². The third kappa shape index (κ3) is 3.22. The number of ether oxygens (including phenoxy) is 1. The van der Waals surface area contributed by atoms with E-state index in [1.54, 1.807) is 7.11 Å².